The van der Waals surface area contributed by atoms with Crippen LogP contribution in [0.2, 0.25) is 0 Å². The molecule has 0 saturated heterocycles. The Labute approximate surface area is 209 Å². The number of hydrogen-bond acceptors (Lipinski definition) is 6. The van der Waals surface area contributed by atoms with E-state index in [1.807, 2.05) is 11.4 Å². The molecule has 0 spiro atoms. The highest BCUT2D eigenvalue weighted by Crippen LogP contribution is 2.38. The minimum atomic E-state index is -3.59. The van der Waals surface area contributed by atoms with Gasteiger partial charge in [0.1, 0.15) is 10.6 Å². The second kappa shape index (κ2) is 10.3. The Hall–Kier alpha value is -3.01. The van der Waals surface area contributed by atoms with Crippen LogP contribution in [0, 0.1) is 0 Å². The molecular formula is C26H28N2O5S2. The molecule has 0 atom stereocenters. The summed E-state index contributed by atoms with van der Waals surface area (Å²) >= 11 is 1.26. The van der Waals surface area contributed by atoms with Crippen molar-refractivity contribution in [1.82, 2.24) is 4.31 Å². The molecule has 0 aliphatic heterocycles. The highest BCUT2D eigenvalue weighted by Gasteiger charge is 2.24. The molecule has 35 heavy (non-hydrogen) atoms. The van der Waals surface area contributed by atoms with E-state index in [9.17, 15) is 18.0 Å². The van der Waals surface area contributed by atoms with Crippen molar-refractivity contribution in [2.75, 3.05) is 26.0 Å². The van der Waals surface area contributed by atoms with Gasteiger partial charge in [-0.2, -0.15) is 0 Å². The average Bonchev–Trinajstić information content (AvgIpc) is 3.27. The van der Waals surface area contributed by atoms with Crippen LogP contribution in [-0.4, -0.2) is 45.3 Å². The summed E-state index contributed by atoms with van der Waals surface area (Å²) in [6.07, 6.45) is 4.43. The summed E-state index contributed by atoms with van der Waals surface area (Å²) < 4.78 is 31.0. The number of rotatable bonds is 7. The van der Waals surface area contributed by atoms with Crippen molar-refractivity contribution < 1.29 is 22.7 Å². The Kier molecular flexibility index (Phi) is 7.39. The number of sulfonamides is 1. The molecule has 1 amide bonds. The first kappa shape index (κ1) is 25.1. The van der Waals surface area contributed by atoms with Gasteiger partial charge in [-0.1, -0.05) is 18.2 Å². The van der Waals surface area contributed by atoms with E-state index in [-0.39, 0.29) is 17.1 Å². The summed E-state index contributed by atoms with van der Waals surface area (Å²) in [5, 5.41) is 5.07. The minimum absolute atomic E-state index is 0.0945. The van der Waals surface area contributed by atoms with Crippen LogP contribution in [-0.2, 0) is 27.6 Å². The third-order valence-corrected chi connectivity index (χ3v) is 8.78. The van der Waals surface area contributed by atoms with Gasteiger partial charge in [-0.15, -0.1) is 11.3 Å². The molecule has 1 aliphatic rings. The van der Waals surface area contributed by atoms with Gasteiger partial charge in [0, 0.05) is 30.6 Å². The molecule has 1 heterocycles. The molecule has 0 bridgehead atoms. The van der Waals surface area contributed by atoms with Crippen molar-refractivity contribution in [2.45, 2.75) is 37.5 Å². The molecule has 0 saturated carbocycles. The zero-order chi connectivity index (χ0) is 25.2. The normalized spacial score (nSPS) is 13.4. The fourth-order valence-electron chi connectivity index (χ4n) is 4.13. The van der Waals surface area contributed by atoms with Crippen molar-refractivity contribution in [3.63, 3.8) is 0 Å². The first-order valence-electron chi connectivity index (χ1n) is 11.5. The van der Waals surface area contributed by atoms with E-state index in [2.05, 4.69) is 17.4 Å². The van der Waals surface area contributed by atoms with E-state index >= 15 is 0 Å². The summed E-state index contributed by atoms with van der Waals surface area (Å²) in [5.74, 6) is -0.938. The zero-order valence-corrected chi connectivity index (χ0v) is 21.6. The van der Waals surface area contributed by atoms with Crippen molar-refractivity contribution in [3.05, 3.63) is 70.1 Å². The van der Waals surface area contributed by atoms with Gasteiger partial charge < -0.3 is 10.1 Å². The number of carbonyl (C=O) groups is 2. The fraction of sp³-hybridized carbons (Fsp3) is 0.308. The highest BCUT2D eigenvalue weighted by molar-refractivity contribution is 7.89. The van der Waals surface area contributed by atoms with Crippen LogP contribution in [0.3, 0.4) is 0 Å². The van der Waals surface area contributed by atoms with Gasteiger partial charge in [-0.3, -0.25) is 4.79 Å². The van der Waals surface area contributed by atoms with Gasteiger partial charge in [0.25, 0.3) is 5.91 Å². The van der Waals surface area contributed by atoms with Gasteiger partial charge in [-0.05, 0) is 73.6 Å². The van der Waals surface area contributed by atoms with E-state index in [0.717, 1.165) is 34.7 Å². The molecular weight excluding hydrogens is 484 g/mol. The molecule has 0 fully saturated rings. The van der Waals surface area contributed by atoms with E-state index < -0.39 is 21.9 Å². The smallest absolute Gasteiger partial charge is 0.341 e. The Balaban J connectivity index is 1.64. The fourth-order valence-corrected chi connectivity index (χ4v) is 5.99. The summed E-state index contributed by atoms with van der Waals surface area (Å²) in [6, 6.07) is 12.0. The summed E-state index contributed by atoms with van der Waals surface area (Å²) in [5.41, 5.74) is 4.90. The van der Waals surface area contributed by atoms with Crippen molar-refractivity contribution in [3.8, 4) is 11.1 Å². The first-order chi connectivity index (χ1) is 16.7. The summed E-state index contributed by atoms with van der Waals surface area (Å²) in [4.78, 5) is 26.0. The number of ether oxygens (including phenoxy) is 1. The molecule has 184 valence electrons. The second-order valence-corrected chi connectivity index (χ2v) is 11.6. The molecule has 1 N–H and O–H groups in total. The molecule has 4 rings (SSSR count). The quantitative estimate of drug-likeness (QED) is 0.451. The Morgan fingerprint density at radius 3 is 2.37 bits per heavy atom. The number of aryl methyl sites for hydroxylation is 2. The van der Waals surface area contributed by atoms with E-state index in [1.54, 1.807) is 6.92 Å². The van der Waals surface area contributed by atoms with E-state index in [0.29, 0.717) is 10.6 Å². The number of benzene rings is 2. The van der Waals surface area contributed by atoms with Gasteiger partial charge in [0.15, 0.2) is 0 Å². The van der Waals surface area contributed by atoms with Crippen molar-refractivity contribution >= 4 is 38.2 Å². The lowest BCUT2D eigenvalue weighted by atomic mass is 9.89. The minimum Gasteiger partial charge on any atom is -0.462 e. The van der Waals surface area contributed by atoms with Gasteiger partial charge in [-0.25, -0.2) is 17.5 Å². The van der Waals surface area contributed by atoms with Crippen LogP contribution in [0.4, 0.5) is 5.00 Å². The summed E-state index contributed by atoms with van der Waals surface area (Å²) in [6.45, 7) is 1.96. The van der Waals surface area contributed by atoms with Gasteiger partial charge in [0.05, 0.1) is 11.5 Å². The summed E-state index contributed by atoms with van der Waals surface area (Å²) in [7, 11) is -0.698. The maximum absolute atomic E-state index is 13.0. The zero-order valence-electron chi connectivity index (χ0n) is 20.0. The number of fused-ring (bicyclic) bond motifs is 1. The maximum Gasteiger partial charge on any atom is 0.341 e. The molecule has 1 aliphatic carbocycles. The molecule has 9 heteroatoms. The number of thiophene rings is 1. The highest BCUT2D eigenvalue weighted by atomic mass is 32.2. The number of hydrogen-bond donors (Lipinski definition) is 1. The Bertz CT molecular complexity index is 1360. The average molecular weight is 513 g/mol. The van der Waals surface area contributed by atoms with Crippen LogP contribution in [0.25, 0.3) is 11.1 Å². The molecule has 3 aromatic rings. The standard InChI is InChI=1S/C26H28N2O5S2/c1-4-33-26(30)23-22(20-10-9-17-7-5-6-8-19(17)15-20)16-34-25(23)27-24(29)18-11-13-21(14-12-18)35(31,32)28(2)3/h9-16H,4-8H2,1-3H3,(H,27,29). The lowest BCUT2D eigenvalue weighted by Crippen LogP contribution is -2.22. The van der Waals surface area contributed by atoms with E-state index in [4.69, 9.17) is 4.74 Å². The van der Waals surface area contributed by atoms with Crippen LogP contribution >= 0.6 is 11.3 Å². The molecule has 7 nitrogen and oxygen atoms in total. The lowest BCUT2D eigenvalue weighted by Gasteiger charge is -2.17. The number of nitrogens with zero attached hydrogens (tertiary/aromatic N) is 1. The topological polar surface area (TPSA) is 92.8 Å². The van der Waals surface area contributed by atoms with Gasteiger partial charge in [0.2, 0.25) is 10.0 Å². The van der Waals surface area contributed by atoms with Gasteiger partial charge >= 0.3 is 5.97 Å². The number of esters is 1. The van der Waals surface area contributed by atoms with Crippen molar-refractivity contribution in [2.24, 2.45) is 0 Å². The number of anilines is 1. The van der Waals surface area contributed by atoms with Crippen LogP contribution in [0.1, 0.15) is 51.6 Å². The second-order valence-electron chi connectivity index (χ2n) is 8.53. The first-order valence-corrected chi connectivity index (χ1v) is 13.8. The Morgan fingerprint density at radius 1 is 1.03 bits per heavy atom. The van der Waals surface area contributed by atoms with Crippen LogP contribution in [0.15, 0.2) is 52.7 Å². The van der Waals surface area contributed by atoms with Crippen LogP contribution in [0.5, 0.6) is 0 Å². The predicted octanol–water partition coefficient (Wildman–Crippen LogP) is 4.97. The molecule has 1 aromatic heterocycles. The number of amides is 1. The molecule has 2 aromatic carbocycles. The van der Waals surface area contributed by atoms with E-state index in [1.165, 1.54) is 67.2 Å². The number of nitrogens with one attached hydrogen (secondary N) is 1. The van der Waals surface area contributed by atoms with Crippen molar-refractivity contribution in [1.29, 1.82) is 0 Å². The maximum atomic E-state index is 13.0. The SMILES string of the molecule is CCOC(=O)c1c(-c2ccc3c(c2)CCCC3)csc1NC(=O)c1ccc(S(=O)(=O)N(C)C)cc1. The van der Waals surface area contributed by atoms with Crippen LogP contribution < -0.4 is 5.32 Å². The largest absolute Gasteiger partial charge is 0.462 e. The number of carbonyl (C=O) groups excluding carboxylic acids is 2. The lowest BCUT2D eigenvalue weighted by molar-refractivity contribution is 0.0529. The molecule has 0 radical (unpaired) electrons. The third kappa shape index (κ3) is 5.17. The monoisotopic (exact) mass is 512 g/mol. The predicted molar refractivity (Wildman–Crippen MR) is 138 cm³/mol. The third-order valence-electron chi connectivity index (χ3n) is 6.05. The molecule has 0 unspecified atom stereocenters. The Morgan fingerprint density at radius 2 is 1.71 bits per heavy atom.